The molecule has 2 fully saturated rings. The van der Waals surface area contributed by atoms with Crippen molar-refractivity contribution in [1.29, 1.82) is 0 Å². The maximum Gasteiger partial charge on any atom is 0.340 e. The van der Waals surface area contributed by atoms with E-state index in [9.17, 15) is 14.7 Å². The van der Waals surface area contributed by atoms with Crippen molar-refractivity contribution in [3.8, 4) is 0 Å². The van der Waals surface area contributed by atoms with Gasteiger partial charge in [-0.2, -0.15) is 0 Å². The van der Waals surface area contributed by atoms with E-state index in [4.69, 9.17) is 20.8 Å². The molecule has 0 amide bonds. The molecule has 1 saturated heterocycles. The molecule has 0 aromatic carbocycles. The number of ketones is 1. The van der Waals surface area contributed by atoms with Gasteiger partial charge >= 0.3 is 5.97 Å². The Morgan fingerprint density at radius 1 is 1.40 bits per heavy atom. The van der Waals surface area contributed by atoms with Crippen molar-refractivity contribution in [3.63, 3.8) is 0 Å². The predicted molar refractivity (Wildman–Crippen MR) is 76.2 cm³/mol. The molecule has 2 bridgehead atoms. The van der Waals surface area contributed by atoms with E-state index in [2.05, 4.69) is 20.8 Å². The van der Waals surface area contributed by atoms with E-state index in [-0.39, 0.29) is 11.5 Å². The number of fused-ring (bicyclic) bond motifs is 2. The standard InChI is InChI=1S/C13H21ClO5Si/c1-12(2,3)20(4,5)19-9-7-6-13(17,11(16)18-7)10(14)8(9)15/h7,9-10,17H,6H2,1-5H3/t7-,9+,10+,13-/m1/s1. The van der Waals surface area contributed by atoms with Crippen LogP contribution in [0.1, 0.15) is 27.2 Å². The molecule has 20 heavy (non-hydrogen) atoms. The summed E-state index contributed by atoms with van der Waals surface area (Å²) < 4.78 is 11.2. The number of carbonyl (C=O) groups is 2. The second-order valence-electron chi connectivity index (χ2n) is 7.14. The molecule has 1 aliphatic heterocycles. The fraction of sp³-hybridized carbons (Fsp3) is 0.846. The summed E-state index contributed by atoms with van der Waals surface area (Å²) in [4.78, 5) is 24.0. The molecule has 1 aliphatic carbocycles. The van der Waals surface area contributed by atoms with Gasteiger partial charge in [-0.1, -0.05) is 20.8 Å². The zero-order chi connectivity index (χ0) is 15.5. The third-order valence-electron chi connectivity index (χ3n) is 4.64. The molecule has 0 radical (unpaired) electrons. The average Bonchev–Trinajstić information content (AvgIpc) is 2.57. The Labute approximate surface area is 124 Å². The van der Waals surface area contributed by atoms with Crippen LogP contribution in [0.4, 0.5) is 0 Å². The van der Waals surface area contributed by atoms with E-state index in [1.54, 1.807) is 0 Å². The number of ether oxygens (including phenoxy) is 1. The van der Waals surface area contributed by atoms with E-state index in [0.29, 0.717) is 0 Å². The van der Waals surface area contributed by atoms with Crippen LogP contribution in [-0.4, -0.2) is 48.4 Å². The molecule has 5 nitrogen and oxygen atoms in total. The summed E-state index contributed by atoms with van der Waals surface area (Å²) in [6.07, 6.45) is -1.58. The fourth-order valence-electron chi connectivity index (χ4n) is 2.24. The quantitative estimate of drug-likeness (QED) is 0.475. The van der Waals surface area contributed by atoms with Crippen LogP contribution in [0.15, 0.2) is 0 Å². The number of rotatable bonds is 2. The van der Waals surface area contributed by atoms with Crippen molar-refractivity contribution < 1.29 is 23.9 Å². The predicted octanol–water partition coefficient (Wildman–Crippen LogP) is 1.61. The van der Waals surface area contributed by atoms with Crippen molar-refractivity contribution in [2.45, 2.75) is 68.5 Å². The number of alkyl halides is 1. The third kappa shape index (κ3) is 2.22. The molecular weight excluding hydrogens is 300 g/mol. The van der Waals surface area contributed by atoms with Crippen LogP contribution in [0, 0.1) is 0 Å². The highest BCUT2D eigenvalue weighted by Crippen LogP contribution is 2.44. The Hall–Kier alpha value is -0.433. The molecule has 0 aromatic heterocycles. The highest BCUT2D eigenvalue weighted by molar-refractivity contribution is 6.74. The lowest BCUT2D eigenvalue weighted by Crippen LogP contribution is -2.59. The van der Waals surface area contributed by atoms with Crippen molar-refractivity contribution in [2.75, 3.05) is 0 Å². The Morgan fingerprint density at radius 3 is 2.45 bits per heavy atom. The van der Waals surface area contributed by atoms with E-state index >= 15 is 0 Å². The van der Waals surface area contributed by atoms with Crippen LogP contribution >= 0.6 is 11.6 Å². The number of hydrogen-bond donors (Lipinski definition) is 1. The number of hydrogen-bond acceptors (Lipinski definition) is 5. The summed E-state index contributed by atoms with van der Waals surface area (Å²) in [5.74, 6) is -1.28. The minimum atomic E-state index is -2.20. The number of halogens is 1. The molecule has 1 heterocycles. The van der Waals surface area contributed by atoms with Gasteiger partial charge in [-0.3, -0.25) is 4.79 Å². The first-order chi connectivity index (χ1) is 8.90. The monoisotopic (exact) mass is 320 g/mol. The van der Waals surface area contributed by atoms with Crippen LogP contribution < -0.4 is 0 Å². The van der Waals surface area contributed by atoms with Gasteiger partial charge in [0.2, 0.25) is 0 Å². The first kappa shape index (κ1) is 15.9. The number of Topliss-reactive ketones (excluding diaryl/α,β-unsaturated/α-hetero) is 1. The largest absolute Gasteiger partial charge is 0.457 e. The van der Waals surface area contributed by atoms with Gasteiger partial charge < -0.3 is 14.3 Å². The molecule has 114 valence electrons. The fourth-order valence-corrected chi connectivity index (χ4v) is 3.80. The van der Waals surface area contributed by atoms with Crippen molar-refractivity contribution >= 4 is 31.7 Å². The molecule has 0 unspecified atom stereocenters. The number of esters is 1. The topological polar surface area (TPSA) is 72.8 Å². The van der Waals surface area contributed by atoms with Crippen LogP contribution in [0.3, 0.4) is 0 Å². The second kappa shape index (κ2) is 4.53. The zero-order valence-electron chi connectivity index (χ0n) is 12.4. The summed E-state index contributed by atoms with van der Waals surface area (Å²) in [7, 11) is -2.20. The molecule has 2 rings (SSSR count). The molecule has 2 aliphatic rings. The van der Waals surface area contributed by atoms with Gasteiger partial charge in [0.05, 0.1) is 0 Å². The Kier molecular flexibility index (Phi) is 3.61. The zero-order valence-corrected chi connectivity index (χ0v) is 14.2. The van der Waals surface area contributed by atoms with Gasteiger partial charge in [0.25, 0.3) is 0 Å². The Balaban J connectivity index is 2.27. The highest BCUT2D eigenvalue weighted by atomic mass is 35.5. The molecule has 4 atom stereocenters. The molecule has 1 N–H and O–H groups in total. The first-order valence-electron chi connectivity index (χ1n) is 6.69. The molecule has 1 saturated carbocycles. The lowest BCUT2D eigenvalue weighted by Gasteiger charge is -2.41. The van der Waals surface area contributed by atoms with E-state index in [0.717, 1.165) is 0 Å². The minimum absolute atomic E-state index is 0.0189. The normalized spacial score (nSPS) is 38.0. The van der Waals surface area contributed by atoms with E-state index in [1.165, 1.54) is 0 Å². The van der Waals surface area contributed by atoms with Gasteiger partial charge in [0.15, 0.2) is 19.7 Å². The SMILES string of the molecule is CC(C)(C)[Si](C)(C)O[C@@H]1C(=O)[C@H](Cl)[C@]2(O)C[C@H]1OC2=O. The average molecular weight is 321 g/mol. The lowest BCUT2D eigenvalue weighted by atomic mass is 9.83. The molecule has 7 heteroatoms. The minimum Gasteiger partial charge on any atom is -0.457 e. The first-order valence-corrected chi connectivity index (χ1v) is 10.0. The molecular formula is C13H21ClO5Si. The summed E-state index contributed by atoms with van der Waals surface area (Å²) in [5.41, 5.74) is -1.89. The Bertz CT molecular complexity index is 458. The second-order valence-corrected chi connectivity index (χ2v) is 12.3. The van der Waals surface area contributed by atoms with Gasteiger partial charge in [-0.05, 0) is 18.1 Å². The summed E-state index contributed by atoms with van der Waals surface area (Å²) in [6, 6.07) is 0. The van der Waals surface area contributed by atoms with Crippen molar-refractivity contribution in [2.24, 2.45) is 0 Å². The van der Waals surface area contributed by atoms with Gasteiger partial charge in [-0.25, -0.2) is 4.79 Å². The van der Waals surface area contributed by atoms with E-state index in [1.807, 2.05) is 13.1 Å². The number of aliphatic hydroxyl groups is 1. The third-order valence-corrected chi connectivity index (χ3v) is 9.67. The van der Waals surface area contributed by atoms with Crippen LogP contribution in [0.5, 0.6) is 0 Å². The lowest BCUT2D eigenvalue weighted by molar-refractivity contribution is -0.154. The van der Waals surface area contributed by atoms with Crippen LogP contribution in [-0.2, 0) is 18.8 Å². The van der Waals surface area contributed by atoms with Gasteiger partial charge in [0.1, 0.15) is 17.6 Å². The van der Waals surface area contributed by atoms with Crippen LogP contribution in [0.25, 0.3) is 0 Å². The maximum absolute atomic E-state index is 12.3. The van der Waals surface area contributed by atoms with Crippen LogP contribution in [0.2, 0.25) is 18.1 Å². The number of carbonyl (C=O) groups excluding carboxylic acids is 2. The highest BCUT2D eigenvalue weighted by Gasteiger charge is 2.64. The van der Waals surface area contributed by atoms with E-state index < -0.39 is 43.3 Å². The summed E-state index contributed by atoms with van der Waals surface area (Å²) in [5, 5.41) is 8.75. The summed E-state index contributed by atoms with van der Waals surface area (Å²) in [6.45, 7) is 10.2. The summed E-state index contributed by atoms with van der Waals surface area (Å²) >= 11 is 5.97. The Morgan fingerprint density at radius 2 is 1.95 bits per heavy atom. The van der Waals surface area contributed by atoms with Crippen molar-refractivity contribution in [3.05, 3.63) is 0 Å². The van der Waals surface area contributed by atoms with Gasteiger partial charge in [-0.15, -0.1) is 11.6 Å². The maximum atomic E-state index is 12.3. The molecule has 0 spiro atoms. The van der Waals surface area contributed by atoms with Gasteiger partial charge in [0, 0.05) is 6.42 Å². The molecule has 0 aromatic rings. The smallest absolute Gasteiger partial charge is 0.340 e. The van der Waals surface area contributed by atoms with Crippen molar-refractivity contribution in [1.82, 2.24) is 0 Å².